The van der Waals surface area contributed by atoms with E-state index in [-0.39, 0.29) is 6.54 Å². The van der Waals surface area contributed by atoms with E-state index in [1.54, 1.807) is 0 Å². The average Bonchev–Trinajstić information content (AvgIpc) is 2.46. The topological polar surface area (TPSA) is 101 Å². The van der Waals surface area contributed by atoms with Crippen LogP contribution in [0.4, 0.5) is 10.1 Å². The Kier molecular flexibility index (Phi) is 4.66. The van der Waals surface area contributed by atoms with Gasteiger partial charge in [-0.15, -0.1) is 0 Å². The van der Waals surface area contributed by atoms with Crippen molar-refractivity contribution in [3.05, 3.63) is 45.8 Å². The van der Waals surface area contributed by atoms with Crippen LogP contribution < -0.4 is 10.0 Å². The Morgan fingerprint density at radius 3 is 2.81 bits per heavy atom. The summed E-state index contributed by atoms with van der Waals surface area (Å²) in [5, 5.41) is 13.7. The molecule has 0 radical (unpaired) electrons. The number of hydrogen-bond donors (Lipinski definition) is 2. The third kappa shape index (κ3) is 3.84. The molecular weight excluding hydrogens is 301 g/mol. The van der Waals surface area contributed by atoms with Crippen molar-refractivity contribution in [2.75, 3.05) is 19.6 Å². The van der Waals surface area contributed by atoms with Gasteiger partial charge in [0.15, 0.2) is 0 Å². The molecule has 1 heterocycles. The van der Waals surface area contributed by atoms with Gasteiger partial charge in [-0.25, -0.2) is 17.5 Å². The Morgan fingerprint density at radius 1 is 1.43 bits per heavy atom. The van der Waals surface area contributed by atoms with E-state index in [1.165, 1.54) is 0 Å². The van der Waals surface area contributed by atoms with Crippen LogP contribution in [0, 0.1) is 15.9 Å². The lowest BCUT2D eigenvalue weighted by Gasteiger charge is -2.14. The fourth-order valence-corrected chi connectivity index (χ4v) is 3.04. The van der Waals surface area contributed by atoms with E-state index in [0.717, 1.165) is 24.3 Å². The number of non-ortho nitro benzene ring substituents is 1. The molecule has 0 saturated heterocycles. The number of nitrogens with one attached hydrogen (secondary N) is 2. The number of nitro benzene ring substituents is 1. The minimum atomic E-state index is -4.14. The maximum Gasteiger partial charge on any atom is 0.270 e. The maximum absolute atomic E-state index is 13.6. The van der Waals surface area contributed by atoms with Gasteiger partial charge in [-0.1, -0.05) is 11.6 Å². The standard InChI is InChI=1S/C12H14FN3O4S/c13-11-2-1-10(16(17)18)7-12(11)21(19,20)15-8-9-3-5-14-6-4-9/h1-3,7,14-15H,4-6,8H2. The van der Waals surface area contributed by atoms with Gasteiger partial charge >= 0.3 is 0 Å². The number of halogens is 1. The van der Waals surface area contributed by atoms with Gasteiger partial charge in [-0.3, -0.25) is 10.1 Å². The van der Waals surface area contributed by atoms with Gasteiger partial charge in [-0.2, -0.15) is 0 Å². The summed E-state index contributed by atoms with van der Waals surface area (Å²) in [7, 11) is -4.14. The normalized spacial score (nSPS) is 15.6. The van der Waals surface area contributed by atoms with Crippen LogP contribution >= 0.6 is 0 Å². The van der Waals surface area contributed by atoms with Crippen molar-refractivity contribution in [3.63, 3.8) is 0 Å². The molecule has 1 aromatic rings. The van der Waals surface area contributed by atoms with Crippen LogP contribution in [-0.2, 0) is 10.0 Å². The number of hydrogen-bond acceptors (Lipinski definition) is 5. The van der Waals surface area contributed by atoms with Crippen molar-refractivity contribution in [1.29, 1.82) is 0 Å². The fourth-order valence-electron chi connectivity index (χ4n) is 1.91. The lowest BCUT2D eigenvalue weighted by molar-refractivity contribution is -0.385. The predicted molar refractivity (Wildman–Crippen MR) is 73.8 cm³/mol. The molecule has 1 aliphatic rings. The lowest BCUT2D eigenvalue weighted by Crippen LogP contribution is -2.30. The molecule has 0 fully saturated rings. The summed E-state index contributed by atoms with van der Waals surface area (Å²) >= 11 is 0. The van der Waals surface area contributed by atoms with Crippen molar-refractivity contribution >= 4 is 15.7 Å². The van der Waals surface area contributed by atoms with Crippen LogP contribution in [0.15, 0.2) is 34.7 Å². The van der Waals surface area contributed by atoms with Gasteiger partial charge in [0.2, 0.25) is 10.0 Å². The second-order valence-corrected chi connectivity index (χ2v) is 6.25. The zero-order valence-electron chi connectivity index (χ0n) is 11.0. The molecule has 0 aromatic heterocycles. The first-order valence-electron chi connectivity index (χ1n) is 6.22. The first-order valence-corrected chi connectivity index (χ1v) is 7.71. The van der Waals surface area contributed by atoms with Crippen molar-refractivity contribution in [3.8, 4) is 0 Å². The zero-order chi connectivity index (χ0) is 15.5. The highest BCUT2D eigenvalue weighted by atomic mass is 32.2. The highest BCUT2D eigenvalue weighted by Crippen LogP contribution is 2.21. The van der Waals surface area contributed by atoms with Crippen LogP contribution in [0.3, 0.4) is 0 Å². The number of rotatable bonds is 5. The zero-order valence-corrected chi connectivity index (χ0v) is 11.8. The number of benzene rings is 1. The van der Waals surface area contributed by atoms with Crippen molar-refractivity contribution in [2.45, 2.75) is 11.3 Å². The van der Waals surface area contributed by atoms with Gasteiger partial charge in [0.1, 0.15) is 10.7 Å². The Bertz CT molecular complexity index is 688. The van der Waals surface area contributed by atoms with Gasteiger partial charge in [0.05, 0.1) is 4.92 Å². The molecule has 0 bridgehead atoms. The quantitative estimate of drug-likeness (QED) is 0.478. The van der Waals surface area contributed by atoms with Gasteiger partial charge in [0, 0.05) is 25.2 Å². The number of nitrogens with zero attached hydrogens (tertiary/aromatic N) is 1. The van der Waals surface area contributed by atoms with Crippen molar-refractivity contribution < 1.29 is 17.7 Å². The summed E-state index contributed by atoms with van der Waals surface area (Å²) in [6.07, 6.45) is 2.55. The second kappa shape index (κ2) is 6.29. The Hall–Kier alpha value is -1.84. The first-order chi connectivity index (χ1) is 9.90. The molecule has 0 unspecified atom stereocenters. The third-order valence-corrected chi connectivity index (χ3v) is 4.48. The Balaban J connectivity index is 2.20. The van der Waals surface area contributed by atoms with Crippen LogP contribution in [0.2, 0.25) is 0 Å². The Labute approximate surface area is 121 Å². The number of nitro groups is 1. The lowest BCUT2D eigenvalue weighted by atomic mass is 10.1. The number of sulfonamides is 1. The molecule has 2 N–H and O–H groups in total. The molecule has 21 heavy (non-hydrogen) atoms. The molecule has 0 atom stereocenters. The molecule has 114 valence electrons. The second-order valence-electron chi connectivity index (χ2n) is 4.51. The fraction of sp³-hybridized carbons (Fsp3) is 0.333. The molecule has 0 saturated carbocycles. The molecule has 1 aliphatic heterocycles. The smallest absolute Gasteiger partial charge is 0.270 e. The van der Waals surface area contributed by atoms with Crippen molar-refractivity contribution in [1.82, 2.24) is 10.0 Å². The van der Waals surface area contributed by atoms with E-state index in [9.17, 15) is 22.9 Å². The molecule has 0 spiro atoms. The van der Waals surface area contributed by atoms with Crippen LogP contribution in [0.25, 0.3) is 0 Å². The largest absolute Gasteiger partial charge is 0.313 e. The van der Waals surface area contributed by atoms with Gasteiger partial charge < -0.3 is 5.32 Å². The SMILES string of the molecule is O=[N+]([O-])c1ccc(F)c(S(=O)(=O)NCC2=CCNCC2)c1. The first kappa shape index (κ1) is 15.5. The predicted octanol–water partition coefficient (Wildman–Crippen LogP) is 0.932. The van der Waals surface area contributed by atoms with E-state index in [0.29, 0.717) is 19.0 Å². The molecular formula is C12H14FN3O4S. The summed E-state index contributed by atoms with van der Waals surface area (Å²) in [6.45, 7) is 1.47. The summed E-state index contributed by atoms with van der Waals surface area (Å²) in [5.74, 6) is -1.02. The highest BCUT2D eigenvalue weighted by molar-refractivity contribution is 7.89. The van der Waals surface area contributed by atoms with Gasteiger partial charge in [0.25, 0.3) is 5.69 Å². The van der Waals surface area contributed by atoms with E-state index < -0.39 is 31.3 Å². The average molecular weight is 315 g/mol. The summed E-state index contributed by atoms with van der Waals surface area (Å²) in [5.41, 5.74) is 0.418. The van der Waals surface area contributed by atoms with E-state index in [2.05, 4.69) is 10.0 Å². The van der Waals surface area contributed by atoms with E-state index in [1.807, 2.05) is 6.08 Å². The van der Waals surface area contributed by atoms with Crippen LogP contribution in [-0.4, -0.2) is 33.0 Å². The third-order valence-electron chi connectivity index (χ3n) is 3.06. The molecule has 9 heteroatoms. The summed E-state index contributed by atoms with van der Waals surface area (Å²) in [4.78, 5) is 9.16. The van der Waals surface area contributed by atoms with E-state index >= 15 is 0 Å². The molecule has 0 aliphatic carbocycles. The Morgan fingerprint density at radius 2 is 2.19 bits per heavy atom. The van der Waals surface area contributed by atoms with E-state index in [4.69, 9.17) is 0 Å². The van der Waals surface area contributed by atoms with Crippen molar-refractivity contribution in [2.24, 2.45) is 0 Å². The summed E-state index contributed by atoms with van der Waals surface area (Å²) in [6, 6.07) is 2.41. The molecule has 7 nitrogen and oxygen atoms in total. The molecule has 1 aromatic carbocycles. The molecule has 0 amide bonds. The van der Waals surface area contributed by atoms with Gasteiger partial charge in [-0.05, 0) is 19.0 Å². The monoisotopic (exact) mass is 315 g/mol. The maximum atomic E-state index is 13.6. The molecule has 2 rings (SSSR count). The minimum Gasteiger partial charge on any atom is -0.313 e. The van der Waals surface area contributed by atoms with Crippen LogP contribution in [0.1, 0.15) is 6.42 Å². The summed E-state index contributed by atoms with van der Waals surface area (Å²) < 4.78 is 40.0. The minimum absolute atomic E-state index is 0.0617. The van der Waals surface area contributed by atoms with Crippen LogP contribution in [0.5, 0.6) is 0 Å². The highest BCUT2D eigenvalue weighted by Gasteiger charge is 2.22.